The average molecular weight is 478 g/mol. The highest BCUT2D eigenvalue weighted by molar-refractivity contribution is 6.46. The topological polar surface area (TPSA) is 82.0 Å². The molecular weight excluding hydrogens is 442 g/mol. The van der Waals surface area contributed by atoms with Gasteiger partial charge >= 0.3 is 5.97 Å². The van der Waals surface area contributed by atoms with Crippen LogP contribution in [0.15, 0.2) is 47.6 Å². The first-order valence-electron chi connectivity index (χ1n) is 12.5. The van der Waals surface area contributed by atoms with Gasteiger partial charge in [-0.05, 0) is 55.0 Å². The maximum Gasteiger partial charge on any atom is 0.306 e. The third kappa shape index (κ3) is 5.69. The number of fused-ring (bicyclic) bond motifs is 3. The highest BCUT2D eigenvalue weighted by Gasteiger charge is 2.42. The SMILES string of the molecule is CCCC1(CCC)c2ccccc2-c2ccc(C(=O)/C(CCC(=O)OCC)=N/OCC(C)=O)cc21. The summed E-state index contributed by atoms with van der Waals surface area (Å²) in [5, 5.41) is 3.95. The minimum Gasteiger partial charge on any atom is -0.466 e. The molecule has 0 spiro atoms. The summed E-state index contributed by atoms with van der Waals surface area (Å²) in [5.41, 5.74) is 5.35. The van der Waals surface area contributed by atoms with E-state index in [1.165, 1.54) is 23.6 Å². The molecule has 35 heavy (non-hydrogen) atoms. The van der Waals surface area contributed by atoms with Gasteiger partial charge in [-0.25, -0.2) is 0 Å². The smallest absolute Gasteiger partial charge is 0.306 e. The number of ketones is 2. The summed E-state index contributed by atoms with van der Waals surface area (Å²) in [6.45, 7) is 7.54. The Morgan fingerprint density at radius 3 is 2.23 bits per heavy atom. The lowest BCUT2D eigenvalue weighted by Crippen LogP contribution is -2.25. The third-order valence-corrected chi connectivity index (χ3v) is 6.46. The van der Waals surface area contributed by atoms with Crippen LogP contribution in [-0.4, -0.2) is 36.5 Å². The molecule has 186 valence electrons. The fourth-order valence-corrected chi connectivity index (χ4v) is 5.14. The number of carbonyl (C=O) groups is 3. The Kier molecular flexibility index (Phi) is 8.96. The molecule has 2 aromatic carbocycles. The van der Waals surface area contributed by atoms with Gasteiger partial charge in [-0.1, -0.05) is 68.2 Å². The normalized spacial score (nSPS) is 13.7. The molecule has 0 fully saturated rings. The Labute approximate surface area is 207 Å². The van der Waals surface area contributed by atoms with Crippen molar-refractivity contribution < 1.29 is 24.0 Å². The van der Waals surface area contributed by atoms with E-state index in [0.717, 1.165) is 31.2 Å². The summed E-state index contributed by atoms with van der Waals surface area (Å²) in [6, 6.07) is 14.3. The van der Waals surface area contributed by atoms with Gasteiger partial charge in [0.05, 0.1) is 13.0 Å². The van der Waals surface area contributed by atoms with E-state index in [9.17, 15) is 14.4 Å². The van der Waals surface area contributed by atoms with E-state index in [1.54, 1.807) is 6.92 Å². The van der Waals surface area contributed by atoms with Crippen LogP contribution in [-0.2, 0) is 24.6 Å². The molecule has 0 bridgehead atoms. The van der Waals surface area contributed by atoms with Crippen molar-refractivity contribution in [2.24, 2.45) is 5.16 Å². The number of hydrogen-bond donors (Lipinski definition) is 0. The molecule has 3 rings (SSSR count). The number of Topliss-reactive ketones (excluding diaryl/α,β-unsaturated/α-hetero) is 2. The zero-order valence-electron chi connectivity index (χ0n) is 21.2. The van der Waals surface area contributed by atoms with Crippen molar-refractivity contribution in [3.05, 3.63) is 59.2 Å². The van der Waals surface area contributed by atoms with Crippen molar-refractivity contribution in [1.29, 1.82) is 0 Å². The number of benzene rings is 2. The van der Waals surface area contributed by atoms with Crippen LogP contribution in [0.4, 0.5) is 0 Å². The van der Waals surface area contributed by atoms with Crippen LogP contribution in [0.3, 0.4) is 0 Å². The molecule has 2 aromatic rings. The minimum absolute atomic E-state index is 0.00777. The van der Waals surface area contributed by atoms with E-state index in [4.69, 9.17) is 9.57 Å². The quantitative estimate of drug-likeness (QED) is 0.152. The molecular formula is C29H35NO5. The van der Waals surface area contributed by atoms with Crippen LogP contribution >= 0.6 is 0 Å². The molecule has 6 heteroatoms. The van der Waals surface area contributed by atoms with Crippen molar-refractivity contribution in [2.75, 3.05) is 13.2 Å². The molecule has 0 atom stereocenters. The molecule has 0 N–H and O–H groups in total. The number of nitrogens with zero attached hydrogens (tertiary/aromatic N) is 1. The first kappa shape index (κ1) is 26.3. The summed E-state index contributed by atoms with van der Waals surface area (Å²) in [7, 11) is 0. The first-order valence-corrected chi connectivity index (χ1v) is 12.5. The van der Waals surface area contributed by atoms with Gasteiger partial charge in [0.1, 0.15) is 5.71 Å². The molecule has 0 unspecified atom stereocenters. The summed E-state index contributed by atoms with van der Waals surface area (Å²) < 4.78 is 5.00. The van der Waals surface area contributed by atoms with Crippen LogP contribution in [0.1, 0.15) is 87.7 Å². The number of rotatable bonds is 13. The van der Waals surface area contributed by atoms with Crippen LogP contribution in [0.2, 0.25) is 0 Å². The highest BCUT2D eigenvalue weighted by atomic mass is 16.6. The van der Waals surface area contributed by atoms with Gasteiger partial charge < -0.3 is 9.57 Å². The van der Waals surface area contributed by atoms with E-state index >= 15 is 0 Å². The van der Waals surface area contributed by atoms with Gasteiger partial charge in [0.15, 0.2) is 12.4 Å². The highest BCUT2D eigenvalue weighted by Crippen LogP contribution is 2.53. The first-order chi connectivity index (χ1) is 16.9. The van der Waals surface area contributed by atoms with Gasteiger partial charge in [0.2, 0.25) is 5.78 Å². The van der Waals surface area contributed by atoms with Gasteiger partial charge in [-0.2, -0.15) is 0 Å². The molecule has 0 aliphatic heterocycles. The number of ether oxygens (including phenoxy) is 1. The van der Waals surface area contributed by atoms with E-state index in [0.29, 0.717) is 5.56 Å². The zero-order valence-corrected chi connectivity index (χ0v) is 21.2. The molecule has 0 heterocycles. The molecule has 1 aliphatic carbocycles. The number of carbonyl (C=O) groups excluding carboxylic acids is 3. The standard InChI is InChI=1S/C29H35NO5/c1-5-16-29(17-6-2)24-11-9-8-10-22(24)23-13-12-21(18-25(23)29)28(33)26(30-35-19-20(4)31)14-15-27(32)34-7-3/h8-13,18H,5-7,14-17,19H2,1-4H3/b30-26+. The Morgan fingerprint density at radius 2 is 1.57 bits per heavy atom. The summed E-state index contributed by atoms with van der Waals surface area (Å²) >= 11 is 0. The molecule has 0 radical (unpaired) electrons. The van der Waals surface area contributed by atoms with Gasteiger partial charge in [-0.15, -0.1) is 0 Å². The minimum atomic E-state index is -0.408. The monoisotopic (exact) mass is 477 g/mol. The second-order valence-electron chi connectivity index (χ2n) is 9.04. The van der Waals surface area contributed by atoms with Crippen molar-refractivity contribution in [3.63, 3.8) is 0 Å². The van der Waals surface area contributed by atoms with Crippen molar-refractivity contribution in [2.45, 2.75) is 71.6 Å². The summed E-state index contributed by atoms with van der Waals surface area (Å²) in [6.07, 6.45) is 4.12. The van der Waals surface area contributed by atoms with Crippen molar-refractivity contribution in [3.8, 4) is 11.1 Å². The number of oxime groups is 1. The Morgan fingerprint density at radius 1 is 0.886 bits per heavy atom. The maximum atomic E-state index is 13.5. The second-order valence-corrected chi connectivity index (χ2v) is 9.04. The van der Waals surface area contributed by atoms with Crippen molar-refractivity contribution in [1.82, 2.24) is 0 Å². The lowest BCUT2D eigenvalue weighted by Gasteiger charge is -2.32. The van der Waals surface area contributed by atoms with Crippen LogP contribution in [0.5, 0.6) is 0 Å². The fourth-order valence-electron chi connectivity index (χ4n) is 5.14. The van der Waals surface area contributed by atoms with Crippen LogP contribution < -0.4 is 0 Å². The molecule has 0 saturated heterocycles. The van der Waals surface area contributed by atoms with Crippen LogP contribution in [0, 0.1) is 0 Å². The van der Waals surface area contributed by atoms with E-state index in [2.05, 4.69) is 43.3 Å². The third-order valence-electron chi connectivity index (χ3n) is 6.46. The molecule has 1 aliphatic rings. The Balaban J connectivity index is 2.01. The van der Waals surface area contributed by atoms with Gasteiger partial charge in [0, 0.05) is 17.4 Å². The molecule has 0 aromatic heterocycles. The summed E-state index contributed by atoms with van der Waals surface area (Å²) in [5.74, 6) is -0.919. The van der Waals surface area contributed by atoms with Gasteiger partial charge in [-0.3, -0.25) is 14.4 Å². The maximum absolute atomic E-state index is 13.5. The predicted molar refractivity (Wildman–Crippen MR) is 137 cm³/mol. The molecule has 0 amide bonds. The lowest BCUT2D eigenvalue weighted by molar-refractivity contribution is -0.142. The zero-order chi connectivity index (χ0) is 25.4. The van der Waals surface area contributed by atoms with E-state index in [1.807, 2.05) is 18.2 Å². The Bertz CT molecular complexity index is 1110. The van der Waals surface area contributed by atoms with Crippen molar-refractivity contribution >= 4 is 23.2 Å². The molecule has 6 nitrogen and oxygen atoms in total. The Hall–Kier alpha value is -3.28. The predicted octanol–water partition coefficient (Wildman–Crippen LogP) is 6.04. The fraction of sp³-hybridized carbons (Fsp3) is 0.448. The van der Waals surface area contributed by atoms with Gasteiger partial charge in [0.25, 0.3) is 0 Å². The van der Waals surface area contributed by atoms with Crippen LogP contribution in [0.25, 0.3) is 11.1 Å². The van der Waals surface area contributed by atoms with E-state index < -0.39 is 5.97 Å². The molecule has 0 saturated carbocycles. The van der Waals surface area contributed by atoms with E-state index in [-0.39, 0.29) is 48.7 Å². The lowest BCUT2D eigenvalue weighted by atomic mass is 9.71. The number of esters is 1. The number of hydrogen-bond acceptors (Lipinski definition) is 6. The second kappa shape index (κ2) is 11.9. The average Bonchev–Trinajstić information content (AvgIpc) is 3.10. The summed E-state index contributed by atoms with van der Waals surface area (Å²) in [4.78, 5) is 41.9. The largest absolute Gasteiger partial charge is 0.466 e.